The van der Waals surface area contributed by atoms with Crippen molar-refractivity contribution in [1.82, 2.24) is 24.7 Å². The molecule has 0 atom stereocenters. The van der Waals surface area contributed by atoms with Gasteiger partial charge in [-0.1, -0.05) is 6.07 Å². The van der Waals surface area contributed by atoms with Crippen LogP contribution in [-0.2, 0) is 4.74 Å². The van der Waals surface area contributed by atoms with Crippen molar-refractivity contribution in [1.29, 1.82) is 0 Å². The molecule has 1 N–H and O–H groups in total. The minimum atomic E-state index is 0.124. The second-order valence-electron chi connectivity index (χ2n) is 7.49. The molecule has 4 aromatic rings. The second kappa shape index (κ2) is 6.91. The monoisotopic (exact) mass is 377 g/mol. The fraction of sp³-hybridized carbons (Fsp3) is 0.381. The maximum absolute atomic E-state index is 6.25. The lowest BCUT2D eigenvalue weighted by atomic mass is 10.1. The summed E-state index contributed by atoms with van der Waals surface area (Å²) in [6, 6.07) is 8.51. The molecule has 5 rings (SSSR count). The van der Waals surface area contributed by atoms with Gasteiger partial charge >= 0.3 is 0 Å². The third-order valence-corrected chi connectivity index (χ3v) is 5.29. The van der Waals surface area contributed by atoms with Crippen molar-refractivity contribution >= 4 is 21.9 Å². The fourth-order valence-corrected chi connectivity index (χ4v) is 3.77. The summed E-state index contributed by atoms with van der Waals surface area (Å²) in [6.45, 7) is 5.77. The maximum atomic E-state index is 6.25. The average molecular weight is 377 g/mol. The highest BCUT2D eigenvalue weighted by Gasteiger charge is 2.21. The third kappa shape index (κ3) is 2.92. The van der Waals surface area contributed by atoms with Gasteiger partial charge in [-0.3, -0.25) is 5.10 Å². The van der Waals surface area contributed by atoms with Gasteiger partial charge in [-0.25, -0.2) is 9.97 Å². The number of rotatable bonds is 4. The van der Waals surface area contributed by atoms with Crippen molar-refractivity contribution in [3.05, 3.63) is 36.8 Å². The van der Waals surface area contributed by atoms with Crippen LogP contribution in [0.15, 0.2) is 36.8 Å². The van der Waals surface area contributed by atoms with E-state index in [2.05, 4.69) is 50.7 Å². The molecule has 1 aromatic carbocycles. The summed E-state index contributed by atoms with van der Waals surface area (Å²) in [5.41, 5.74) is 4.87. The van der Waals surface area contributed by atoms with E-state index in [1.54, 1.807) is 6.20 Å². The standard InChI is InChI=1S/C21H23N5O2/c1-13(2)26-12-23-16-4-3-14(11-18(16)26)20-19-17(24-25-20)5-8-22-21(19)28-15-6-9-27-10-7-15/h3-5,8,11-13,15H,6-7,9-10H2,1-2H3,(H,24,25). The van der Waals surface area contributed by atoms with Crippen molar-refractivity contribution in [2.45, 2.75) is 38.8 Å². The molecule has 1 saturated heterocycles. The molecule has 144 valence electrons. The molecule has 0 aliphatic carbocycles. The first kappa shape index (κ1) is 17.2. The van der Waals surface area contributed by atoms with Gasteiger partial charge < -0.3 is 14.0 Å². The summed E-state index contributed by atoms with van der Waals surface area (Å²) in [7, 11) is 0. The summed E-state index contributed by atoms with van der Waals surface area (Å²) in [4.78, 5) is 9.02. The number of pyridine rings is 1. The molecule has 7 heteroatoms. The van der Waals surface area contributed by atoms with Gasteiger partial charge in [0.25, 0.3) is 0 Å². The van der Waals surface area contributed by atoms with E-state index in [1.807, 2.05) is 18.5 Å². The second-order valence-corrected chi connectivity index (χ2v) is 7.49. The van der Waals surface area contributed by atoms with Gasteiger partial charge in [0.05, 0.1) is 41.5 Å². The molecule has 0 radical (unpaired) electrons. The highest BCUT2D eigenvalue weighted by molar-refractivity contribution is 5.98. The predicted octanol–water partition coefficient (Wildman–Crippen LogP) is 4.11. The van der Waals surface area contributed by atoms with Gasteiger partial charge in [0.2, 0.25) is 5.88 Å². The van der Waals surface area contributed by atoms with Crippen molar-refractivity contribution < 1.29 is 9.47 Å². The lowest BCUT2D eigenvalue weighted by Crippen LogP contribution is -2.26. The number of aromatic amines is 1. The zero-order valence-electron chi connectivity index (χ0n) is 16.1. The van der Waals surface area contributed by atoms with E-state index in [1.165, 1.54) is 0 Å². The van der Waals surface area contributed by atoms with Crippen molar-refractivity contribution in [2.75, 3.05) is 13.2 Å². The number of nitrogens with one attached hydrogen (secondary N) is 1. The van der Waals surface area contributed by atoms with E-state index in [0.29, 0.717) is 11.9 Å². The summed E-state index contributed by atoms with van der Waals surface area (Å²) >= 11 is 0. The Balaban J connectivity index is 1.61. The summed E-state index contributed by atoms with van der Waals surface area (Å²) < 4.78 is 13.9. The summed E-state index contributed by atoms with van der Waals surface area (Å²) in [6.07, 6.45) is 5.54. The van der Waals surface area contributed by atoms with Crippen molar-refractivity contribution in [2.24, 2.45) is 0 Å². The molecule has 4 heterocycles. The predicted molar refractivity (Wildman–Crippen MR) is 107 cm³/mol. The van der Waals surface area contributed by atoms with Gasteiger partial charge in [0.15, 0.2) is 0 Å². The van der Waals surface area contributed by atoms with Crippen LogP contribution in [0.3, 0.4) is 0 Å². The molecule has 28 heavy (non-hydrogen) atoms. The number of H-pyrrole nitrogens is 1. The Hall–Kier alpha value is -2.93. The van der Waals surface area contributed by atoms with Gasteiger partial charge in [-0.2, -0.15) is 5.10 Å². The van der Waals surface area contributed by atoms with Gasteiger partial charge in [0.1, 0.15) is 11.8 Å². The SMILES string of the molecule is CC(C)n1cnc2ccc(-c3n[nH]c4ccnc(OC5CCOCC5)c34)cc21. The van der Waals surface area contributed by atoms with Crippen LogP contribution in [0.5, 0.6) is 5.88 Å². The van der Waals surface area contributed by atoms with E-state index < -0.39 is 0 Å². The van der Waals surface area contributed by atoms with Crippen LogP contribution < -0.4 is 4.74 Å². The Labute approximate surface area is 162 Å². The minimum Gasteiger partial charge on any atom is -0.474 e. The number of nitrogens with zero attached hydrogens (tertiary/aromatic N) is 4. The molecular formula is C21H23N5O2. The van der Waals surface area contributed by atoms with Crippen LogP contribution in [0, 0.1) is 0 Å². The number of fused-ring (bicyclic) bond motifs is 2. The zero-order chi connectivity index (χ0) is 19.1. The first-order chi connectivity index (χ1) is 13.7. The molecule has 1 aliphatic rings. The number of hydrogen-bond donors (Lipinski definition) is 1. The van der Waals surface area contributed by atoms with Crippen LogP contribution in [0.4, 0.5) is 0 Å². The first-order valence-corrected chi connectivity index (χ1v) is 9.75. The van der Waals surface area contributed by atoms with Gasteiger partial charge in [-0.15, -0.1) is 0 Å². The average Bonchev–Trinajstić information content (AvgIpc) is 3.33. The number of imidazole rings is 1. The molecule has 0 bridgehead atoms. The number of aromatic nitrogens is 5. The highest BCUT2D eigenvalue weighted by atomic mass is 16.5. The van der Waals surface area contributed by atoms with Gasteiger partial charge in [-0.05, 0) is 32.0 Å². The Morgan fingerprint density at radius 1 is 1.18 bits per heavy atom. The van der Waals surface area contributed by atoms with Crippen LogP contribution in [0.25, 0.3) is 33.2 Å². The van der Waals surface area contributed by atoms with E-state index in [4.69, 9.17) is 9.47 Å². The normalized spacial score (nSPS) is 15.7. The molecule has 0 amide bonds. The molecule has 1 fully saturated rings. The quantitative estimate of drug-likeness (QED) is 0.579. The highest BCUT2D eigenvalue weighted by Crippen LogP contribution is 2.34. The molecular weight excluding hydrogens is 354 g/mol. The summed E-state index contributed by atoms with van der Waals surface area (Å²) in [5.74, 6) is 0.630. The molecule has 0 unspecified atom stereocenters. The first-order valence-electron chi connectivity index (χ1n) is 9.75. The van der Waals surface area contributed by atoms with E-state index in [-0.39, 0.29) is 6.10 Å². The molecule has 3 aromatic heterocycles. The Kier molecular flexibility index (Phi) is 4.24. The Morgan fingerprint density at radius 3 is 2.86 bits per heavy atom. The molecule has 1 aliphatic heterocycles. The third-order valence-electron chi connectivity index (χ3n) is 5.29. The maximum Gasteiger partial charge on any atom is 0.225 e. The number of ether oxygens (including phenoxy) is 2. The zero-order valence-corrected chi connectivity index (χ0v) is 16.1. The molecule has 0 saturated carbocycles. The van der Waals surface area contributed by atoms with Crippen LogP contribution in [-0.4, -0.2) is 44.1 Å². The fourth-order valence-electron chi connectivity index (χ4n) is 3.77. The van der Waals surface area contributed by atoms with Crippen LogP contribution >= 0.6 is 0 Å². The molecule has 0 spiro atoms. The topological polar surface area (TPSA) is 77.9 Å². The van der Waals surface area contributed by atoms with E-state index >= 15 is 0 Å². The number of hydrogen-bond acceptors (Lipinski definition) is 5. The minimum absolute atomic E-state index is 0.124. The lowest BCUT2D eigenvalue weighted by Gasteiger charge is -2.23. The van der Waals surface area contributed by atoms with E-state index in [9.17, 15) is 0 Å². The van der Waals surface area contributed by atoms with Crippen LogP contribution in [0.1, 0.15) is 32.7 Å². The van der Waals surface area contributed by atoms with Crippen molar-refractivity contribution in [3.63, 3.8) is 0 Å². The lowest BCUT2D eigenvalue weighted by molar-refractivity contribution is 0.0244. The Morgan fingerprint density at radius 2 is 2.04 bits per heavy atom. The van der Waals surface area contributed by atoms with Crippen LogP contribution in [0.2, 0.25) is 0 Å². The number of benzene rings is 1. The smallest absolute Gasteiger partial charge is 0.225 e. The van der Waals surface area contributed by atoms with E-state index in [0.717, 1.165) is 59.2 Å². The summed E-state index contributed by atoms with van der Waals surface area (Å²) in [5, 5.41) is 8.63. The molecule has 7 nitrogen and oxygen atoms in total. The Bertz CT molecular complexity index is 1120. The van der Waals surface area contributed by atoms with Crippen molar-refractivity contribution in [3.8, 4) is 17.1 Å². The largest absolute Gasteiger partial charge is 0.474 e. The van der Waals surface area contributed by atoms with Gasteiger partial charge in [0, 0.05) is 30.6 Å².